The monoisotopic (exact) mass is 520 g/mol. The Kier molecular flexibility index (Phi) is 5.68. The Morgan fingerprint density at radius 2 is 1.95 bits per heavy atom. The van der Waals surface area contributed by atoms with Gasteiger partial charge < -0.3 is 18.6 Å². The second kappa shape index (κ2) is 9.17. The van der Waals surface area contributed by atoms with Gasteiger partial charge in [0.15, 0.2) is 11.6 Å². The van der Waals surface area contributed by atoms with Gasteiger partial charge in [-0.15, -0.1) is 5.10 Å². The van der Waals surface area contributed by atoms with E-state index in [2.05, 4.69) is 15.1 Å². The van der Waals surface area contributed by atoms with Crippen molar-refractivity contribution in [3.8, 4) is 39.4 Å². The number of pyridine rings is 1. The Labute approximate surface area is 212 Å². The summed E-state index contributed by atoms with van der Waals surface area (Å²) in [5, 5.41) is 5.55. The van der Waals surface area contributed by atoms with Gasteiger partial charge in [0, 0.05) is 23.8 Å². The minimum atomic E-state index is -0.730. The zero-order chi connectivity index (χ0) is 25.5. The van der Waals surface area contributed by atoms with E-state index >= 15 is 0 Å². The fraction of sp³-hybridized carbons (Fsp3) is 0.115. The van der Waals surface area contributed by atoms with Gasteiger partial charge in [-0.3, -0.25) is 4.98 Å². The third kappa shape index (κ3) is 4.33. The highest BCUT2D eigenvalue weighted by Crippen LogP contribution is 2.37. The van der Waals surface area contributed by atoms with Crippen LogP contribution in [0.1, 0.15) is 5.56 Å². The molecule has 6 aromatic rings. The highest BCUT2D eigenvalue weighted by molar-refractivity contribution is 7.18. The minimum absolute atomic E-state index is 0.0681. The van der Waals surface area contributed by atoms with Crippen LogP contribution >= 0.6 is 11.3 Å². The average Bonchev–Trinajstić information content (AvgIpc) is 3.60. The fourth-order valence-electron chi connectivity index (χ4n) is 3.93. The second-order valence-electron chi connectivity index (χ2n) is 8.05. The number of halogens is 2. The van der Waals surface area contributed by atoms with Crippen LogP contribution in [0.5, 0.6) is 16.7 Å². The number of nitrogens with zero attached hydrogens (tertiary/aromatic N) is 4. The number of benzene rings is 2. The van der Waals surface area contributed by atoms with Crippen LogP contribution in [-0.2, 0) is 6.61 Å². The molecule has 6 rings (SSSR count). The Balaban J connectivity index is 1.30. The van der Waals surface area contributed by atoms with E-state index in [1.54, 1.807) is 55.3 Å². The quantitative estimate of drug-likeness (QED) is 0.250. The number of ether oxygens (including phenoxy) is 3. The van der Waals surface area contributed by atoms with Gasteiger partial charge in [0.25, 0.3) is 5.19 Å². The molecular weight excluding hydrogens is 502 g/mol. The Bertz CT molecular complexity index is 1730. The smallest absolute Gasteiger partial charge is 0.294 e. The molecule has 0 aliphatic heterocycles. The largest absolute Gasteiger partial charge is 0.496 e. The van der Waals surface area contributed by atoms with Crippen molar-refractivity contribution in [1.29, 1.82) is 0 Å². The molecule has 0 radical (unpaired) electrons. The number of imidazole rings is 1. The van der Waals surface area contributed by atoms with E-state index in [0.29, 0.717) is 44.3 Å². The van der Waals surface area contributed by atoms with E-state index < -0.39 is 11.6 Å². The van der Waals surface area contributed by atoms with E-state index in [4.69, 9.17) is 18.6 Å². The normalized spacial score (nSPS) is 11.4. The molecule has 2 aromatic carbocycles. The summed E-state index contributed by atoms with van der Waals surface area (Å²) in [4.78, 5) is 9.14. The lowest BCUT2D eigenvalue weighted by Crippen LogP contribution is -1.98. The van der Waals surface area contributed by atoms with Crippen molar-refractivity contribution in [2.45, 2.75) is 6.61 Å². The van der Waals surface area contributed by atoms with Crippen molar-refractivity contribution in [2.75, 3.05) is 14.2 Å². The van der Waals surface area contributed by atoms with Crippen molar-refractivity contribution in [2.24, 2.45) is 0 Å². The third-order valence-electron chi connectivity index (χ3n) is 5.66. The molecule has 0 N–H and O–H groups in total. The number of rotatable bonds is 7. The Morgan fingerprint density at radius 3 is 2.73 bits per heavy atom. The molecule has 0 fully saturated rings. The Hall–Kier alpha value is -4.51. The lowest BCUT2D eigenvalue weighted by atomic mass is 10.1. The summed E-state index contributed by atoms with van der Waals surface area (Å²) in [6.07, 6.45) is 2.75. The first kappa shape index (κ1) is 22.9. The van der Waals surface area contributed by atoms with Crippen LogP contribution in [0.2, 0.25) is 0 Å². The third-order valence-corrected chi connectivity index (χ3v) is 6.55. The zero-order valence-corrected chi connectivity index (χ0v) is 20.4. The van der Waals surface area contributed by atoms with Crippen LogP contribution in [-0.4, -0.2) is 33.8 Å². The predicted molar refractivity (Wildman–Crippen MR) is 133 cm³/mol. The van der Waals surface area contributed by atoms with Crippen LogP contribution < -0.4 is 14.2 Å². The lowest BCUT2D eigenvalue weighted by molar-refractivity contribution is 0.307. The van der Waals surface area contributed by atoms with Crippen LogP contribution in [0.4, 0.5) is 8.78 Å². The molecule has 0 aliphatic carbocycles. The number of fused-ring (bicyclic) bond motifs is 2. The fourth-order valence-corrected chi connectivity index (χ4v) is 4.63. The minimum Gasteiger partial charge on any atom is -0.496 e. The molecule has 0 saturated heterocycles. The molecule has 0 bridgehead atoms. The summed E-state index contributed by atoms with van der Waals surface area (Å²) in [5.41, 5.74) is 2.54. The number of aromatic nitrogens is 4. The van der Waals surface area contributed by atoms with Gasteiger partial charge in [-0.2, -0.15) is 0 Å². The van der Waals surface area contributed by atoms with Gasteiger partial charge in [0.05, 0.1) is 32.0 Å². The first-order valence-electron chi connectivity index (χ1n) is 11.1. The standard InChI is InChI=1S/C26H18F2N4O4S/c1-33-17-8-21(35-13-14-4-3-5-15(6-14)24-19(28)7-16(27)11-29-24)18-10-23(36-22(18)9-17)20-12-32-25(30-20)37-26(31-32)34-2/h3-12H,13H2,1-2H3. The number of furan rings is 1. The van der Waals surface area contributed by atoms with Crippen LogP contribution in [0, 0.1) is 11.6 Å². The second-order valence-corrected chi connectivity index (χ2v) is 8.96. The maximum Gasteiger partial charge on any atom is 0.294 e. The summed E-state index contributed by atoms with van der Waals surface area (Å²) in [6.45, 7) is 0.184. The molecule has 0 spiro atoms. The van der Waals surface area contributed by atoms with Gasteiger partial charge in [0.1, 0.15) is 40.9 Å². The maximum absolute atomic E-state index is 14.2. The molecule has 0 amide bonds. The maximum atomic E-state index is 14.2. The van der Waals surface area contributed by atoms with Crippen molar-refractivity contribution >= 4 is 27.3 Å². The molecule has 11 heteroatoms. The van der Waals surface area contributed by atoms with E-state index in [9.17, 15) is 8.78 Å². The van der Waals surface area contributed by atoms with Crippen molar-refractivity contribution < 1.29 is 27.4 Å². The molecule has 4 aromatic heterocycles. The molecule has 0 saturated carbocycles. The van der Waals surface area contributed by atoms with Gasteiger partial charge in [-0.1, -0.05) is 18.2 Å². The summed E-state index contributed by atoms with van der Waals surface area (Å²) < 4.78 is 51.9. The summed E-state index contributed by atoms with van der Waals surface area (Å²) >= 11 is 1.32. The SMILES string of the molecule is COc1cc(OCc2cccc(-c3ncc(F)cc3F)c2)c2cc(-c3cn4nc(OC)sc4n3)oc2c1. The van der Waals surface area contributed by atoms with Gasteiger partial charge >= 0.3 is 0 Å². The van der Waals surface area contributed by atoms with Crippen molar-refractivity contribution in [3.63, 3.8) is 0 Å². The molecule has 8 nitrogen and oxygen atoms in total. The molecule has 0 aliphatic rings. The van der Waals surface area contributed by atoms with Crippen molar-refractivity contribution in [1.82, 2.24) is 19.6 Å². The van der Waals surface area contributed by atoms with Gasteiger partial charge in [0.2, 0.25) is 4.96 Å². The van der Waals surface area contributed by atoms with Crippen LogP contribution in [0.3, 0.4) is 0 Å². The van der Waals surface area contributed by atoms with Crippen molar-refractivity contribution in [3.05, 3.63) is 78.1 Å². The number of hydrogen-bond donors (Lipinski definition) is 0. The lowest BCUT2D eigenvalue weighted by Gasteiger charge is -2.10. The predicted octanol–water partition coefficient (Wildman–Crippen LogP) is 6.14. The van der Waals surface area contributed by atoms with E-state index in [1.807, 2.05) is 12.1 Å². The van der Waals surface area contributed by atoms with Gasteiger partial charge in [-0.05, 0) is 29.0 Å². The Morgan fingerprint density at radius 1 is 1.05 bits per heavy atom. The topological polar surface area (TPSA) is 83.9 Å². The zero-order valence-electron chi connectivity index (χ0n) is 19.6. The first-order chi connectivity index (χ1) is 18.0. The van der Waals surface area contributed by atoms with Crippen LogP contribution in [0.15, 0.2) is 65.3 Å². The van der Waals surface area contributed by atoms with E-state index in [-0.39, 0.29) is 12.3 Å². The number of hydrogen-bond acceptors (Lipinski definition) is 8. The first-order valence-corrected chi connectivity index (χ1v) is 11.9. The average molecular weight is 521 g/mol. The summed E-state index contributed by atoms with van der Waals surface area (Å²) in [7, 11) is 3.12. The molecular formula is C26H18F2N4O4S. The molecule has 186 valence electrons. The molecule has 37 heavy (non-hydrogen) atoms. The number of methoxy groups -OCH3 is 2. The van der Waals surface area contributed by atoms with Crippen LogP contribution in [0.25, 0.3) is 38.6 Å². The molecule has 0 unspecified atom stereocenters. The molecule has 0 atom stereocenters. The summed E-state index contributed by atoms with van der Waals surface area (Å²) in [5.74, 6) is 0.193. The summed E-state index contributed by atoms with van der Waals surface area (Å²) in [6, 6.07) is 13.3. The van der Waals surface area contributed by atoms with E-state index in [1.165, 1.54) is 11.3 Å². The highest BCUT2D eigenvalue weighted by Gasteiger charge is 2.17. The highest BCUT2D eigenvalue weighted by atomic mass is 32.1. The van der Waals surface area contributed by atoms with E-state index in [0.717, 1.165) is 23.2 Å². The molecule has 4 heterocycles. The van der Waals surface area contributed by atoms with Gasteiger partial charge in [-0.25, -0.2) is 18.3 Å².